The van der Waals surface area contributed by atoms with Crippen molar-refractivity contribution in [1.82, 2.24) is 5.32 Å². The summed E-state index contributed by atoms with van der Waals surface area (Å²) in [6, 6.07) is 12.4. The van der Waals surface area contributed by atoms with Gasteiger partial charge in [-0.15, -0.1) is 0 Å². The summed E-state index contributed by atoms with van der Waals surface area (Å²) in [5.41, 5.74) is 2.74. The number of methoxy groups -OCH3 is 1. The normalized spacial score (nSPS) is 10.9. The molecule has 5 heteroatoms. The third-order valence-corrected chi connectivity index (χ3v) is 3.95. The molecule has 0 aromatic heterocycles. The lowest BCUT2D eigenvalue weighted by Crippen LogP contribution is -2.18. The number of anilines is 1. The molecule has 0 aliphatic rings. The van der Waals surface area contributed by atoms with Crippen LogP contribution in [0.3, 0.4) is 0 Å². The first-order valence-corrected chi connectivity index (χ1v) is 8.08. The van der Waals surface area contributed by atoms with Crippen LogP contribution in [0.1, 0.15) is 47.1 Å². The van der Waals surface area contributed by atoms with Gasteiger partial charge in [0.2, 0.25) is 0 Å². The van der Waals surface area contributed by atoms with Crippen LogP contribution in [0.4, 0.5) is 5.69 Å². The van der Waals surface area contributed by atoms with Crippen molar-refractivity contribution in [1.29, 1.82) is 0 Å². The maximum Gasteiger partial charge on any atom is 0.255 e. The largest absolute Gasteiger partial charge is 0.495 e. The van der Waals surface area contributed by atoms with Crippen LogP contribution in [0.25, 0.3) is 0 Å². The third kappa shape index (κ3) is 4.38. The molecule has 5 nitrogen and oxygen atoms in total. The standard InChI is InChI=1S/C20H24N2O3/c1-20(2,3)15-9-6-13(7-10-15)19(24)22-16-11-8-14(18(23)21-4)12-17(16)25-5/h6-12H,1-5H3,(H,21,23)(H,22,24). The molecule has 2 aromatic rings. The van der Waals surface area contributed by atoms with Crippen LogP contribution in [0.5, 0.6) is 5.75 Å². The van der Waals surface area contributed by atoms with E-state index in [-0.39, 0.29) is 17.2 Å². The number of carbonyl (C=O) groups excluding carboxylic acids is 2. The molecule has 0 aliphatic heterocycles. The van der Waals surface area contributed by atoms with Crippen LogP contribution in [0.2, 0.25) is 0 Å². The summed E-state index contributed by atoms with van der Waals surface area (Å²) in [4.78, 5) is 24.2. The Bertz CT molecular complexity index is 775. The zero-order valence-electron chi connectivity index (χ0n) is 15.3. The van der Waals surface area contributed by atoms with E-state index in [2.05, 4.69) is 31.4 Å². The van der Waals surface area contributed by atoms with E-state index in [0.29, 0.717) is 22.6 Å². The molecule has 0 aliphatic carbocycles. The molecule has 0 radical (unpaired) electrons. The summed E-state index contributed by atoms with van der Waals surface area (Å²) in [6.07, 6.45) is 0. The second-order valence-electron chi connectivity index (χ2n) is 6.78. The Morgan fingerprint density at radius 2 is 1.52 bits per heavy atom. The van der Waals surface area contributed by atoms with Crippen molar-refractivity contribution in [2.75, 3.05) is 19.5 Å². The highest BCUT2D eigenvalue weighted by Crippen LogP contribution is 2.27. The number of hydrogen-bond donors (Lipinski definition) is 2. The van der Waals surface area contributed by atoms with Crippen LogP contribution in [-0.2, 0) is 5.41 Å². The van der Waals surface area contributed by atoms with E-state index >= 15 is 0 Å². The second-order valence-corrected chi connectivity index (χ2v) is 6.78. The van der Waals surface area contributed by atoms with Crippen molar-refractivity contribution < 1.29 is 14.3 Å². The molecule has 2 N–H and O–H groups in total. The Kier molecular flexibility index (Phi) is 5.47. The van der Waals surface area contributed by atoms with E-state index in [4.69, 9.17) is 4.74 Å². The molecule has 2 rings (SSSR count). The Labute approximate surface area is 148 Å². The predicted molar refractivity (Wildman–Crippen MR) is 99.5 cm³/mol. The number of ether oxygens (including phenoxy) is 1. The van der Waals surface area contributed by atoms with Crippen molar-refractivity contribution in [2.24, 2.45) is 0 Å². The highest BCUT2D eigenvalue weighted by molar-refractivity contribution is 6.05. The van der Waals surface area contributed by atoms with E-state index in [9.17, 15) is 9.59 Å². The molecule has 0 saturated heterocycles. The van der Waals surface area contributed by atoms with Gasteiger partial charge in [-0.3, -0.25) is 9.59 Å². The van der Waals surface area contributed by atoms with Crippen molar-refractivity contribution in [3.8, 4) is 5.75 Å². The zero-order chi connectivity index (χ0) is 18.6. The molecular weight excluding hydrogens is 316 g/mol. The van der Waals surface area contributed by atoms with Crippen LogP contribution < -0.4 is 15.4 Å². The van der Waals surface area contributed by atoms with Gasteiger partial charge < -0.3 is 15.4 Å². The van der Waals surface area contributed by atoms with Gasteiger partial charge in [-0.05, 0) is 41.3 Å². The van der Waals surface area contributed by atoms with Crippen LogP contribution in [0, 0.1) is 0 Å². The van der Waals surface area contributed by atoms with E-state index < -0.39 is 0 Å². The second kappa shape index (κ2) is 7.38. The number of carbonyl (C=O) groups is 2. The van der Waals surface area contributed by atoms with Crippen LogP contribution in [-0.4, -0.2) is 26.0 Å². The first-order valence-electron chi connectivity index (χ1n) is 8.08. The lowest BCUT2D eigenvalue weighted by atomic mass is 9.87. The quantitative estimate of drug-likeness (QED) is 0.893. The van der Waals surface area contributed by atoms with Gasteiger partial charge in [-0.25, -0.2) is 0 Å². The fourth-order valence-corrected chi connectivity index (χ4v) is 2.40. The number of nitrogens with one attached hydrogen (secondary N) is 2. The highest BCUT2D eigenvalue weighted by atomic mass is 16.5. The lowest BCUT2D eigenvalue weighted by Gasteiger charge is -2.19. The SMILES string of the molecule is CNC(=O)c1ccc(NC(=O)c2ccc(C(C)(C)C)cc2)c(OC)c1. The van der Waals surface area contributed by atoms with Gasteiger partial charge in [0.15, 0.2) is 0 Å². The smallest absolute Gasteiger partial charge is 0.255 e. The molecule has 2 aromatic carbocycles. The fraction of sp³-hybridized carbons (Fsp3) is 0.300. The van der Waals surface area contributed by atoms with Gasteiger partial charge in [0.25, 0.3) is 11.8 Å². The molecule has 0 saturated carbocycles. The summed E-state index contributed by atoms with van der Waals surface area (Å²) >= 11 is 0. The third-order valence-electron chi connectivity index (χ3n) is 3.95. The number of rotatable bonds is 4. The van der Waals surface area contributed by atoms with E-state index in [1.807, 2.05) is 12.1 Å². The Balaban J connectivity index is 2.21. The minimum atomic E-state index is -0.230. The number of amides is 2. The van der Waals surface area contributed by atoms with E-state index in [0.717, 1.165) is 5.56 Å². The Morgan fingerprint density at radius 1 is 0.920 bits per heavy atom. The number of hydrogen-bond acceptors (Lipinski definition) is 3. The minimum absolute atomic E-state index is 0.0356. The topological polar surface area (TPSA) is 67.4 Å². The summed E-state index contributed by atoms with van der Waals surface area (Å²) in [5.74, 6) is -0.0128. The molecule has 132 valence electrons. The molecule has 0 heterocycles. The summed E-state index contributed by atoms with van der Waals surface area (Å²) < 4.78 is 5.29. The van der Waals surface area contributed by atoms with Gasteiger partial charge in [-0.2, -0.15) is 0 Å². The van der Waals surface area contributed by atoms with Crippen molar-refractivity contribution in [3.63, 3.8) is 0 Å². The monoisotopic (exact) mass is 340 g/mol. The average molecular weight is 340 g/mol. The molecular formula is C20H24N2O3. The van der Waals surface area contributed by atoms with E-state index in [1.54, 1.807) is 37.4 Å². The Hall–Kier alpha value is -2.82. The van der Waals surface area contributed by atoms with Crippen molar-refractivity contribution >= 4 is 17.5 Å². The molecule has 25 heavy (non-hydrogen) atoms. The lowest BCUT2D eigenvalue weighted by molar-refractivity contribution is 0.0962. The molecule has 2 amide bonds. The first kappa shape index (κ1) is 18.5. The minimum Gasteiger partial charge on any atom is -0.495 e. The Morgan fingerprint density at radius 3 is 2.04 bits per heavy atom. The number of benzene rings is 2. The van der Waals surface area contributed by atoms with Gasteiger partial charge in [-0.1, -0.05) is 32.9 Å². The van der Waals surface area contributed by atoms with Gasteiger partial charge in [0.05, 0.1) is 12.8 Å². The van der Waals surface area contributed by atoms with E-state index in [1.165, 1.54) is 7.11 Å². The summed E-state index contributed by atoms with van der Waals surface area (Å²) in [5, 5.41) is 5.38. The predicted octanol–water partition coefficient (Wildman–Crippen LogP) is 3.60. The highest BCUT2D eigenvalue weighted by Gasteiger charge is 2.16. The molecule has 0 spiro atoms. The maximum absolute atomic E-state index is 12.5. The first-order chi connectivity index (χ1) is 11.8. The van der Waals surface area contributed by atoms with Crippen LogP contribution >= 0.6 is 0 Å². The maximum atomic E-state index is 12.5. The van der Waals surface area contributed by atoms with Crippen molar-refractivity contribution in [3.05, 3.63) is 59.2 Å². The van der Waals surface area contributed by atoms with Crippen molar-refractivity contribution in [2.45, 2.75) is 26.2 Å². The average Bonchev–Trinajstić information content (AvgIpc) is 2.60. The fourth-order valence-electron chi connectivity index (χ4n) is 2.40. The summed E-state index contributed by atoms with van der Waals surface area (Å²) in [7, 11) is 3.06. The van der Waals surface area contributed by atoms with Gasteiger partial charge in [0.1, 0.15) is 5.75 Å². The summed E-state index contributed by atoms with van der Waals surface area (Å²) in [6.45, 7) is 6.38. The molecule has 0 atom stereocenters. The van der Waals surface area contributed by atoms with Gasteiger partial charge in [0, 0.05) is 18.2 Å². The zero-order valence-corrected chi connectivity index (χ0v) is 15.3. The molecule has 0 fully saturated rings. The molecule has 0 unspecified atom stereocenters. The van der Waals surface area contributed by atoms with Crippen LogP contribution in [0.15, 0.2) is 42.5 Å². The van der Waals surface area contributed by atoms with Gasteiger partial charge >= 0.3 is 0 Å². The molecule has 0 bridgehead atoms.